The van der Waals surface area contributed by atoms with Gasteiger partial charge >= 0.3 is 0 Å². The number of aryl methyl sites for hydroxylation is 1. The Bertz CT molecular complexity index is 2130. The number of rotatable bonds is 10. The lowest BCUT2D eigenvalue weighted by molar-refractivity contribution is -0.134. The van der Waals surface area contributed by atoms with Gasteiger partial charge in [-0.2, -0.15) is 4.98 Å². The minimum absolute atomic E-state index is 0.0257. The minimum atomic E-state index is -0.259. The van der Waals surface area contributed by atoms with Crippen LogP contribution in [0, 0.1) is 12.8 Å². The van der Waals surface area contributed by atoms with Crippen LogP contribution in [0.5, 0.6) is 0 Å². The summed E-state index contributed by atoms with van der Waals surface area (Å²) < 4.78 is 1.73. The van der Waals surface area contributed by atoms with E-state index in [2.05, 4.69) is 53.5 Å². The monoisotopic (exact) mass is 745 g/mol. The largest absolute Gasteiger partial charge is 0.372 e. The van der Waals surface area contributed by atoms with Gasteiger partial charge in [0.15, 0.2) is 5.78 Å². The SMILES string of the molecule is CC(=O)c1c(C)c2cnc(Nc3ccc(N4CCN(CCC5CCN(c6cccc(C7CCC(=O)NC7=O)c6)CC5)CC4)cn3)nc2n(C2CCCC2)c1=O. The van der Waals surface area contributed by atoms with Gasteiger partial charge in [-0.05, 0) is 100 Å². The van der Waals surface area contributed by atoms with Gasteiger partial charge in [-0.1, -0.05) is 25.0 Å². The van der Waals surface area contributed by atoms with Gasteiger partial charge in [0.05, 0.1) is 23.4 Å². The summed E-state index contributed by atoms with van der Waals surface area (Å²) >= 11 is 0. The summed E-state index contributed by atoms with van der Waals surface area (Å²) in [6.07, 6.45) is 12.0. The van der Waals surface area contributed by atoms with E-state index in [0.29, 0.717) is 41.7 Å². The molecule has 4 fully saturated rings. The highest BCUT2D eigenvalue weighted by atomic mass is 16.2. The first-order valence-electron chi connectivity index (χ1n) is 20.0. The lowest BCUT2D eigenvalue weighted by Gasteiger charge is -2.38. The molecule has 3 aliphatic heterocycles. The topological polar surface area (TPSA) is 146 Å². The molecule has 4 aliphatic rings. The van der Waals surface area contributed by atoms with E-state index in [1.54, 1.807) is 17.7 Å². The molecule has 1 aromatic carbocycles. The minimum Gasteiger partial charge on any atom is -0.372 e. The van der Waals surface area contributed by atoms with E-state index in [1.165, 1.54) is 31.9 Å². The molecule has 8 rings (SSSR count). The number of carbonyl (C=O) groups is 3. The van der Waals surface area contributed by atoms with Gasteiger partial charge in [0.1, 0.15) is 11.5 Å². The summed E-state index contributed by atoms with van der Waals surface area (Å²) in [5.41, 5.74) is 4.41. The van der Waals surface area contributed by atoms with E-state index < -0.39 is 0 Å². The third-order valence-corrected chi connectivity index (χ3v) is 12.3. The summed E-state index contributed by atoms with van der Waals surface area (Å²) in [6, 6.07) is 12.4. The Morgan fingerprint density at radius 3 is 2.35 bits per heavy atom. The molecule has 288 valence electrons. The Morgan fingerprint density at radius 2 is 1.64 bits per heavy atom. The molecular weight excluding hydrogens is 695 g/mol. The number of hydrogen-bond acceptors (Lipinski definition) is 11. The standard InChI is InChI=1S/C42H51N9O4/c1-27-35-26-44-42(47-39(35)51(31-7-3-4-8-31)41(55)38(27)28(2)52)45-36-12-10-33(25-43-36)50-22-20-48(21-23-50)17-14-29-15-18-49(19-16-29)32-9-5-6-30(24-32)34-11-13-37(53)46-40(34)54/h5-6,9-10,12,24-26,29,31,34H,3-4,7-8,11,13-23H2,1-2H3,(H,46,53,54)(H,43,44,45,47). The van der Waals surface area contributed by atoms with Crippen molar-refractivity contribution in [2.24, 2.45) is 5.92 Å². The smallest absolute Gasteiger partial charge is 0.263 e. The van der Waals surface area contributed by atoms with Crippen LogP contribution in [-0.4, -0.2) is 87.8 Å². The number of anilines is 4. The van der Waals surface area contributed by atoms with E-state index >= 15 is 0 Å². The van der Waals surface area contributed by atoms with Crippen LogP contribution in [0.1, 0.15) is 98.2 Å². The molecule has 1 aliphatic carbocycles. The highest BCUT2D eigenvalue weighted by Crippen LogP contribution is 2.33. The number of hydrogen-bond donors (Lipinski definition) is 2. The second kappa shape index (κ2) is 15.9. The molecular formula is C42H51N9O4. The van der Waals surface area contributed by atoms with Crippen molar-refractivity contribution in [1.29, 1.82) is 0 Å². The number of pyridine rings is 2. The van der Waals surface area contributed by atoms with Crippen LogP contribution in [-0.2, 0) is 9.59 Å². The average Bonchev–Trinajstić information content (AvgIpc) is 3.72. The maximum absolute atomic E-state index is 13.6. The number of amides is 2. The van der Waals surface area contributed by atoms with Crippen molar-refractivity contribution in [3.63, 3.8) is 0 Å². The van der Waals surface area contributed by atoms with Crippen molar-refractivity contribution in [2.45, 2.75) is 83.6 Å². The number of Topliss-reactive ketones (excluding diaryl/α,β-unsaturated/α-hetero) is 1. The van der Waals surface area contributed by atoms with Crippen molar-refractivity contribution < 1.29 is 14.4 Å². The van der Waals surface area contributed by atoms with Crippen LogP contribution < -0.4 is 26.0 Å². The van der Waals surface area contributed by atoms with E-state index in [-0.39, 0.29) is 40.7 Å². The van der Waals surface area contributed by atoms with E-state index in [0.717, 1.165) is 88.1 Å². The molecule has 13 heteroatoms. The van der Waals surface area contributed by atoms with Gasteiger partial charge in [-0.15, -0.1) is 0 Å². The number of ketones is 1. The number of piperidine rings is 2. The van der Waals surface area contributed by atoms with Gasteiger partial charge in [0, 0.05) is 69.0 Å². The number of benzene rings is 1. The summed E-state index contributed by atoms with van der Waals surface area (Å²) in [5.74, 6) is 0.865. The van der Waals surface area contributed by atoms with E-state index in [9.17, 15) is 19.2 Å². The molecule has 6 heterocycles. The van der Waals surface area contributed by atoms with Crippen LogP contribution in [0.4, 0.5) is 23.1 Å². The number of nitrogens with zero attached hydrogens (tertiary/aromatic N) is 7. The lowest BCUT2D eigenvalue weighted by Crippen LogP contribution is -2.47. The maximum atomic E-state index is 13.6. The first kappa shape index (κ1) is 36.8. The zero-order chi connectivity index (χ0) is 38.1. The summed E-state index contributed by atoms with van der Waals surface area (Å²) in [5, 5.41) is 6.45. The Hall–Kier alpha value is -5.17. The Labute approximate surface area is 321 Å². The van der Waals surface area contributed by atoms with Crippen molar-refractivity contribution in [3.05, 3.63) is 75.8 Å². The molecule has 2 N–H and O–H groups in total. The predicted molar refractivity (Wildman–Crippen MR) is 213 cm³/mol. The third kappa shape index (κ3) is 7.85. The van der Waals surface area contributed by atoms with E-state index in [4.69, 9.17) is 4.98 Å². The summed E-state index contributed by atoms with van der Waals surface area (Å²) in [7, 11) is 0. The van der Waals surface area contributed by atoms with Crippen molar-refractivity contribution in [3.8, 4) is 0 Å². The number of nitrogens with one attached hydrogen (secondary N) is 2. The molecule has 55 heavy (non-hydrogen) atoms. The fourth-order valence-corrected chi connectivity index (χ4v) is 9.09. The van der Waals surface area contributed by atoms with Gasteiger partial charge in [0.25, 0.3) is 5.56 Å². The Balaban J connectivity index is 0.818. The molecule has 4 aromatic rings. The van der Waals surface area contributed by atoms with Gasteiger partial charge in [0.2, 0.25) is 17.8 Å². The highest BCUT2D eigenvalue weighted by molar-refractivity contribution is 6.01. The van der Waals surface area contributed by atoms with Crippen molar-refractivity contribution in [2.75, 3.05) is 60.9 Å². The first-order valence-corrected chi connectivity index (χ1v) is 20.0. The van der Waals surface area contributed by atoms with Crippen LogP contribution in [0.3, 0.4) is 0 Å². The van der Waals surface area contributed by atoms with E-state index in [1.807, 2.05) is 24.4 Å². The molecule has 1 unspecified atom stereocenters. The number of imide groups is 1. The number of aromatic nitrogens is 4. The second-order valence-electron chi connectivity index (χ2n) is 15.8. The maximum Gasteiger partial charge on any atom is 0.263 e. The molecule has 0 radical (unpaired) electrons. The predicted octanol–water partition coefficient (Wildman–Crippen LogP) is 5.51. The lowest BCUT2D eigenvalue weighted by atomic mass is 9.89. The molecule has 13 nitrogen and oxygen atoms in total. The van der Waals surface area contributed by atoms with Crippen LogP contribution >= 0.6 is 0 Å². The number of piperazine rings is 1. The molecule has 0 bridgehead atoms. The zero-order valence-electron chi connectivity index (χ0n) is 31.9. The first-order chi connectivity index (χ1) is 26.7. The van der Waals surface area contributed by atoms with Crippen molar-refractivity contribution in [1.82, 2.24) is 29.7 Å². The summed E-state index contributed by atoms with van der Waals surface area (Å²) in [6.45, 7) is 10.3. The van der Waals surface area contributed by atoms with Crippen LogP contribution in [0.15, 0.2) is 53.6 Å². The Kier molecular flexibility index (Phi) is 10.6. The van der Waals surface area contributed by atoms with Gasteiger partial charge in [-0.3, -0.25) is 34.0 Å². The molecule has 0 spiro atoms. The van der Waals surface area contributed by atoms with Crippen LogP contribution in [0.25, 0.3) is 11.0 Å². The summed E-state index contributed by atoms with van der Waals surface area (Å²) in [4.78, 5) is 71.5. The fraction of sp³-hybridized carbons (Fsp3) is 0.500. The molecule has 3 aromatic heterocycles. The third-order valence-electron chi connectivity index (χ3n) is 12.3. The molecule has 2 amide bonds. The molecule has 3 saturated heterocycles. The molecule has 1 atom stereocenters. The number of carbonyl (C=O) groups excluding carboxylic acids is 3. The fourth-order valence-electron chi connectivity index (χ4n) is 9.09. The second-order valence-corrected chi connectivity index (χ2v) is 15.8. The quantitative estimate of drug-likeness (QED) is 0.157. The Morgan fingerprint density at radius 1 is 0.873 bits per heavy atom. The van der Waals surface area contributed by atoms with Gasteiger partial charge in [-0.25, -0.2) is 9.97 Å². The normalized spacial score (nSPS) is 20.3. The molecule has 1 saturated carbocycles. The zero-order valence-corrected chi connectivity index (χ0v) is 31.9. The average molecular weight is 746 g/mol. The van der Waals surface area contributed by atoms with Gasteiger partial charge < -0.3 is 15.1 Å². The van der Waals surface area contributed by atoms with Crippen molar-refractivity contribution >= 4 is 51.8 Å². The highest BCUT2D eigenvalue weighted by Gasteiger charge is 2.30. The van der Waals surface area contributed by atoms with Crippen LogP contribution in [0.2, 0.25) is 0 Å². The number of fused-ring (bicyclic) bond motifs is 1.